The van der Waals surface area contributed by atoms with Crippen molar-refractivity contribution in [3.63, 3.8) is 0 Å². The van der Waals surface area contributed by atoms with Crippen LogP contribution in [0.4, 0.5) is 0 Å². The van der Waals surface area contributed by atoms with Crippen LogP contribution in [0.25, 0.3) is 0 Å². The minimum absolute atomic E-state index is 0.305. The maximum Gasteiger partial charge on any atom is 0.0810 e. The van der Waals surface area contributed by atoms with Crippen molar-refractivity contribution in [3.05, 3.63) is 23.8 Å². The van der Waals surface area contributed by atoms with Crippen molar-refractivity contribution < 1.29 is 9.47 Å². The van der Waals surface area contributed by atoms with E-state index in [-0.39, 0.29) is 0 Å². The SMILES string of the molecule is COC1C=C(CCC2CCCCC2CC[C@@H]2CO2)C=CC1. The van der Waals surface area contributed by atoms with Gasteiger partial charge >= 0.3 is 0 Å². The largest absolute Gasteiger partial charge is 0.377 e. The Morgan fingerprint density at radius 2 is 1.90 bits per heavy atom. The van der Waals surface area contributed by atoms with Crippen LogP contribution in [-0.4, -0.2) is 25.9 Å². The van der Waals surface area contributed by atoms with E-state index >= 15 is 0 Å². The molecule has 3 rings (SSSR count). The molecule has 1 saturated heterocycles. The molecule has 2 nitrogen and oxygen atoms in total. The van der Waals surface area contributed by atoms with Gasteiger partial charge in [-0.1, -0.05) is 43.9 Å². The molecule has 3 aliphatic rings. The smallest absolute Gasteiger partial charge is 0.0810 e. The molecule has 4 atom stereocenters. The zero-order valence-electron chi connectivity index (χ0n) is 13.4. The fourth-order valence-corrected chi connectivity index (χ4v) is 4.08. The summed E-state index contributed by atoms with van der Waals surface area (Å²) >= 11 is 0. The fourth-order valence-electron chi connectivity index (χ4n) is 4.08. The molecule has 0 aromatic heterocycles. The highest BCUT2D eigenvalue weighted by molar-refractivity contribution is 5.24. The highest BCUT2D eigenvalue weighted by Crippen LogP contribution is 2.38. The van der Waals surface area contributed by atoms with Gasteiger partial charge in [-0.3, -0.25) is 0 Å². The van der Waals surface area contributed by atoms with E-state index in [9.17, 15) is 0 Å². The summed E-state index contributed by atoms with van der Waals surface area (Å²) in [6.45, 7) is 1.02. The van der Waals surface area contributed by atoms with Crippen molar-refractivity contribution in [2.45, 2.75) is 70.0 Å². The van der Waals surface area contributed by atoms with Gasteiger partial charge in [-0.15, -0.1) is 0 Å². The van der Waals surface area contributed by atoms with Crippen LogP contribution in [0.5, 0.6) is 0 Å². The molecule has 1 heterocycles. The molecule has 1 saturated carbocycles. The molecule has 2 fully saturated rings. The Labute approximate surface area is 129 Å². The maximum atomic E-state index is 5.46. The summed E-state index contributed by atoms with van der Waals surface area (Å²) in [4.78, 5) is 0. The second-order valence-corrected chi connectivity index (χ2v) is 7.03. The molecule has 0 spiro atoms. The van der Waals surface area contributed by atoms with Crippen molar-refractivity contribution >= 4 is 0 Å². The number of hydrogen-bond donors (Lipinski definition) is 0. The lowest BCUT2D eigenvalue weighted by molar-refractivity contribution is 0.141. The van der Waals surface area contributed by atoms with Crippen LogP contribution in [0.2, 0.25) is 0 Å². The van der Waals surface area contributed by atoms with E-state index in [4.69, 9.17) is 9.47 Å². The molecule has 0 radical (unpaired) electrons. The first-order chi connectivity index (χ1) is 10.3. The molecular formula is C19H30O2. The van der Waals surface area contributed by atoms with E-state index in [0.29, 0.717) is 12.2 Å². The topological polar surface area (TPSA) is 21.8 Å². The first-order valence-corrected chi connectivity index (χ1v) is 8.87. The van der Waals surface area contributed by atoms with E-state index < -0.39 is 0 Å². The van der Waals surface area contributed by atoms with Crippen LogP contribution in [0.3, 0.4) is 0 Å². The van der Waals surface area contributed by atoms with Crippen molar-refractivity contribution in [3.8, 4) is 0 Å². The molecule has 0 bridgehead atoms. The van der Waals surface area contributed by atoms with Crippen LogP contribution < -0.4 is 0 Å². The fraction of sp³-hybridized carbons (Fsp3) is 0.789. The van der Waals surface area contributed by atoms with E-state index in [1.165, 1.54) is 56.9 Å². The van der Waals surface area contributed by atoms with Gasteiger partial charge in [0, 0.05) is 7.11 Å². The summed E-state index contributed by atoms with van der Waals surface area (Å²) in [7, 11) is 1.81. The Bertz CT molecular complexity index is 381. The van der Waals surface area contributed by atoms with Gasteiger partial charge in [-0.2, -0.15) is 0 Å². The van der Waals surface area contributed by atoms with Crippen LogP contribution >= 0.6 is 0 Å². The van der Waals surface area contributed by atoms with Crippen LogP contribution in [-0.2, 0) is 9.47 Å². The molecule has 0 amide bonds. The summed E-state index contributed by atoms with van der Waals surface area (Å²) in [5.41, 5.74) is 1.49. The van der Waals surface area contributed by atoms with E-state index in [2.05, 4.69) is 18.2 Å². The van der Waals surface area contributed by atoms with Crippen molar-refractivity contribution in [1.29, 1.82) is 0 Å². The molecule has 3 unspecified atom stereocenters. The zero-order chi connectivity index (χ0) is 14.5. The first-order valence-electron chi connectivity index (χ1n) is 8.87. The van der Waals surface area contributed by atoms with E-state index in [0.717, 1.165) is 24.9 Å². The Hall–Kier alpha value is -0.600. The van der Waals surface area contributed by atoms with E-state index in [1.807, 2.05) is 7.11 Å². The zero-order valence-corrected chi connectivity index (χ0v) is 13.4. The normalized spacial score (nSPS) is 35.6. The lowest BCUT2D eigenvalue weighted by Crippen LogP contribution is -2.20. The quantitative estimate of drug-likeness (QED) is 0.636. The van der Waals surface area contributed by atoms with Gasteiger partial charge in [0.25, 0.3) is 0 Å². The van der Waals surface area contributed by atoms with Crippen molar-refractivity contribution in [1.82, 2.24) is 0 Å². The van der Waals surface area contributed by atoms with E-state index in [1.54, 1.807) is 0 Å². The Morgan fingerprint density at radius 3 is 2.62 bits per heavy atom. The molecule has 1 aliphatic heterocycles. The average molecular weight is 290 g/mol. The molecule has 118 valence electrons. The highest BCUT2D eigenvalue weighted by Gasteiger charge is 2.28. The van der Waals surface area contributed by atoms with Gasteiger partial charge < -0.3 is 9.47 Å². The molecule has 0 aromatic rings. The number of allylic oxidation sites excluding steroid dienone is 2. The average Bonchev–Trinajstić information content (AvgIpc) is 3.36. The summed E-state index contributed by atoms with van der Waals surface area (Å²) in [5.74, 6) is 1.89. The van der Waals surface area contributed by atoms with Crippen molar-refractivity contribution in [2.75, 3.05) is 13.7 Å². The number of epoxide rings is 1. The minimum atomic E-state index is 0.305. The summed E-state index contributed by atoms with van der Waals surface area (Å²) in [6.07, 6.45) is 19.9. The van der Waals surface area contributed by atoms with Crippen LogP contribution in [0.1, 0.15) is 57.8 Å². The monoisotopic (exact) mass is 290 g/mol. The molecule has 0 N–H and O–H groups in total. The van der Waals surface area contributed by atoms with Crippen LogP contribution in [0, 0.1) is 11.8 Å². The summed E-state index contributed by atoms with van der Waals surface area (Å²) in [5, 5.41) is 0. The first kappa shape index (κ1) is 15.3. The number of rotatable bonds is 7. The molecule has 2 heteroatoms. The third-order valence-corrected chi connectivity index (χ3v) is 5.54. The standard InChI is InChI=1S/C19H30O2/c1-20-18-8-4-5-15(13-18)9-10-16-6-2-3-7-17(16)11-12-19-14-21-19/h4-5,13,16-19H,2-3,6-12,14H2,1H3/t16?,17?,18?,19-/m1/s1. The Kier molecular flexibility index (Phi) is 5.54. The van der Waals surface area contributed by atoms with Gasteiger partial charge in [0.05, 0.1) is 18.8 Å². The molecule has 21 heavy (non-hydrogen) atoms. The highest BCUT2D eigenvalue weighted by atomic mass is 16.6. The second kappa shape index (κ2) is 7.60. The second-order valence-electron chi connectivity index (χ2n) is 7.03. The van der Waals surface area contributed by atoms with Gasteiger partial charge in [0.2, 0.25) is 0 Å². The Balaban J connectivity index is 1.47. The van der Waals surface area contributed by atoms with Gasteiger partial charge in [-0.05, 0) is 49.5 Å². The molecule has 2 aliphatic carbocycles. The third-order valence-electron chi connectivity index (χ3n) is 5.54. The summed E-state index contributed by atoms with van der Waals surface area (Å²) in [6, 6.07) is 0. The Morgan fingerprint density at radius 1 is 1.14 bits per heavy atom. The van der Waals surface area contributed by atoms with Gasteiger partial charge in [0.1, 0.15) is 0 Å². The predicted molar refractivity (Wildman–Crippen MR) is 86.3 cm³/mol. The van der Waals surface area contributed by atoms with Gasteiger partial charge in [0.15, 0.2) is 0 Å². The third kappa shape index (κ3) is 4.69. The minimum Gasteiger partial charge on any atom is -0.377 e. The van der Waals surface area contributed by atoms with Crippen molar-refractivity contribution in [2.24, 2.45) is 11.8 Å². The molecular weight excluding hydrogens is 260 g/mol. The number of hydrogen-bond acceptors (Lipinski definition) is 2. The lowest BCUT2D eigenvalue weighted by Gasteiger charge is -2.32. The predicted octanol–water partition coefficient (Wildman–Crippen LogP) is 4.65. The van der Waals surface area contributed by atoms with Gasteiger partial charge in [-0.25, -0.2) is 0 Å². The lowest BCUT2D eigenvalue weighted by atomic mass is 9.74. The number of methoxy groups -OCH3 is 1. The van der Waals surface area contributed by atoms with Crippen LogP contribution in [0.15, 0.2) is 23.8 Å². The number of ether oxygens (including phenoxy) is 2. The molecule has 0 aromatic carbocycles. The summed E-state index contributed by atoms with van der Waals surface area (Å²) < 4.78 is 10.8. The maximum absolute atomic E-state index is 5.46.